The maximum Gasteiger partial charge on any atom is 0.306 e. The maximum atomic E-state index is 11.1. The van der Waals surface area contributed by atoms with Crippen molar-refractivity contribution in [2.75, 3.05) is 0 Å². The summed E-state index contributed by atoms with van der Waals surface area (Å²) in [5.41, 5.74) is 2.60. The van der Waals surface area contributed by atoms with E-state index in [9.17, 15) is 14.9 Å². The van der Waals surface area contributed by atoms with Crippen molar-refractivity contribution in [1.29, 1.82) is 0 Å². The van der Waals surface area contributed by atoms with Crippen LogP contribution in [-0.4, -0.2) is 10.9 Å². The molecule has 0 atom stereocenters. The van der Waals surface area contributed by atoms with Crippen molar-refractivity contribution >= 4 is 5.91 Å². The van der Waals surface area contributed by atoms with Crippen molar-refractivity contribution in [3.05, 3.63) is 58.2 Å². The van der Waals surface area contributed by atoms with Crippen molar-refractivity contribution in [2.24, 2.45) is 0 Å². The highest BCUT2D eigenvalue weighted by molar-refractivity contribution is 5.92. The summed E-state index contributed by atoms with van der Waals surface area (Å²) in [6.07, 6.45) is 0.306. The summed E-state index contributed by atoms with van der Waals surface area (Å²) in [4.78, 5) is 21.1. The van der Waals surface area contributed by atoms with E-state index in [0.717, 1.165) is 5.56 Å². The van der Waals surface area contributed by atoms with E-state index in [2.05, 4.69) is 6.58 Å². The summed E-state index contributed by atoms with van der Waals surface area (Å²) in [7, 11) is 0. The smallest absolute Gasteiger partial charge is 0.264 e. The van der Waals surface area contributed by atoms with Crippen LogP contribution in [0.3, 0.4) is 0 Å². The van der Waals surface area contributed by atoms with Crippen LogP contribution in [-0.2, 0) is 11.2 Å². The Morgan fingerprint density at radius 3 is 2.53 bits per heavy atom. The Morgan fingerprint density at radius 2 is 2.00 bits per heavy atom. The number of nitrogens with one attached hydrogen (secondary N) is 1. The van der Waals surface area contributed by atoms with Crippen LogP contribution in [0.4, 0.5) is 0 Å². The topological polar surface area (TPSA) is 72.2 Å². The van der Waals surface area contributed by atoms with Crippen LogP contribution in [0.1, 0.15) is 5.56 Å². The molecule has 1 rings (SSSR count). The highest BCUT2D eigenvalue weighted by Crippen LogP contribution is 2.05. The van der Waals surface area contributed by atoms with Gasteiger partial charge >= 0.3 is 5.91 Å². The molecule has 0 fully saturated rings. The molecule has 0 aromatic heterocycles. The molecule has 0 bridgehead atoms. The Labute approximate surface area is 86.5 Å². The van der Waals surface area contributed by atoms with E-state index in [1.165, 1.54) is 0 Å². The average Bonchev–Trinajstić information content (AvgIpc) is 2.18. The number of hydrazine groups is 1. The van der Waals surface area contributed by atoms with E-state index >= 15 is 0 Å². The second-order valence-electron chi connectivity index (χ2n) is 2.96. The molecule has 0 saturated heterocycles. The zero-order valence-corrected chi connectivity index (χ0v) is 7.97. The second kappa shape index (κ2) is 4.90. The number of rotatable bonds is 4. The Bertz CT molecular complexity index is 387. The summed E-state index contributed by atoms with van der Waals surface area (Å²) >= 11 is 0. The van der Waals surface area contributed by atoms with E-state index in [4.69, 9.17) is 0 Å². The second-order valence-corrected chi connectivity index (χ2v) is 2.96. The molecule has 0 heterocycles. The van der Waals surface area contributed by atoms with Crippen molar-refractivity contribution in [1.82, 2.24) is 5.43 Å². The van der Waals surface area contributed by atoms with Gasteiger partial charge in [-0.1, -0.05) is 42.3 Å². The molecule has 1 N–H and O–H groups in total. The highest BCUT2D eigenvalue weighted by Gasteiger charge is 2.11. The lowest BCUT2D eigenvalue weighted by Gasteiger charge is -2.01. The van der Waals surface area contributed by atoms with Crippen LogP contribution < -0.4 is 5.43 Å². The summed E-state index contributed by atoms with van der Waals surface area (Å²) < 4.78 is 0. The SMILES string of the molecule is C=C(Cc1ccccc1)C(=O)N[N+](=O)[O-]. The molecule has 78 valence electrons. The fraction of sp³-hybridized carbons (Fsp3) is 0.100. The van der Waals surface area contributed by atoms with E-state index in [1.54, 1.807) is 5.43 Å². The van der Waals surface area contributed by atoms with Crippen LogP contribution in [0, 0.1) is 10.1 Å². The van der Waals surface area contributed by atoms with Gasteiger partial charge in [-0.15, -0.1) is 0 Å². The molecule has 0 aliphatic carbocycles. The monoisotopic (exact) mass is 206 g/mol. The number of hydrogen-bond acceptors (Lipinski definition) is 3. The minimum Gasteiger partial charge on any atom is -0.264 e. The predicted octanol–water partition coefficient (Wildman–Crippen LogP) is 1.09. The Morgan fingerprint density at radius 1 is 1.40 bits per heavy atom. The van der Waals surface area contributed by atoms with Gasteiger partial charge in [0, 0.05) is 12.0 Å². The van der Waals surface area contributed by atoms with Gasteiger partial charge in [-0.2, -0.15) is 0 Å². The summed E-state index contributed by atoms with van der Waals surface area (Å²) in [6.45, 7) is 3.49. The minimum absolute atomic E-state index is 0.165. The molecule has 0 radical (unpaired) electrons. The van der Waals surface area contributed by atoms with E-state index < -0.39 is 10.9 Å². The Balaban J connectivity index is 2.56. The van der Waals surface area contributed by atoms with Gasteiger partial charge in [0.1, 0.15) is 0 Å². The summed E-state index contributed by atoms with van der Waals surface area (Å²) in [5.74, 6) is -0.760. The minimum atomic E-state index is -0.890. The molecule has 0 spiro atoms. The fourth-order valence-electron chi connectivity index (χ4n) is 1.08. The molecule has 5 nitrogen and oxygen atoms in total. The molecule has 0 aliphatic heterocycles. The standard InChI is InChI=1S/C10H10N2O3/c1-8(10(13)11-12(14)15)7-9-5-3-2-4-6-9/h2-6H,1,7H2,(H,11,13). The van der Waals surface area contributed by atoms with Crippen LogP contribution in [0.15, 0.2) is 42.5 Å². The number of carbonyl (C=O) groups is 1. The molecule has 15 heavy (non-hydrogen) atoms. The first-order valence-electron chi connectivity index (χ1n) is 4.26. The molecule has 0 saturated carbocycles. The number of nitrogens with zero attached hydrogens (tertiary/aromatic N) is 1. The lowest BCUT2D eigenvalue weighted by molar-refractivity contribution is -0.529. The van der Waals surface area contributed by atoms with Crippen LogP contribution in [0.2, 0.25) is 0 Å². The maximum absolute atomic E-state index is 11.1. The zero-order chi connectivity index (χ0) is 11.3. The van der Waals surface area contributed by atoms with Crippen molar-refractivity contribution in [3.63, 3.8) is 0 Å². The van der Waals surface area contributed by atoms with E-state index in [0.29, 0.717) is 6.42 Å². The number of hydrogen-bond donors (Lipinski definition) is 1. The quantitative estimate of drug-likeness (QED) is 0.455. The summed E-state index contributed by atoms with van der Waals surface area (Å²) in [5, 5.41) is 9.11. The highest BCUT2D eigenvalue weighted by atomic mass is 16.7. The van der Waals surface area contributed by atoms with Gasteiger partial charge in [0.05, 0.1) is 0 Å². The lowest BCUT2D eigenvalue weighted by atomic mass is 10.1. The predicted molar refractivity (Wildman–Crippen MR) is 54.4 cm³/mol. The van der Waals surface area contributed by atoms with Crippen molar-refractivity contribution < 1.29 is 9.83 Å². The Hall–Kier alpha value is -2.17. The van der Waals surface area contributed by atoms with Gasteiger partial charge in [-0.05, 0) is 5.56 Å². The third-order valence-electron chi connectivity index (χ3n) is 1.77. The molecular formula is C10H10N2O3. The molecule has 1 aromatic carbocycles. The van der Waals surface area contributed by atoms with Crippen molar-refractivity contribution in [3.8, 4) is 0 Å². The van der Waals surface area contributed by atoms with Crippen LogP contribution in [0.5, 0.6) is 0 Å². The third-order valence-corrected chi connectivity index (χ3v) is 1.77. The molecule has 1 amide bonds. The molecular weight excluding hydrogens is 196 g/mol. The fourth-order valence-corrected chi connectivity index (χ4v) is 1.08. The van der Waals surface area contributed by atoms with Crippen molar-refractivity contribution in [2.45, 2.75) is 6.42 Å². The van der Waals surface area contributed by atoms with Gasteiger partial charge in [0.2, 0.25) is 0 Å². The van der Waals surface area contributed by atoms with Gasteiger partial charge in [0.25, 0.3) is 0 Å². The first-order chi connectivity index (χ1) is 7.09. The van der Waals surface area contributed by atoms with Gasteiger partial charge in [-0.25, -0.2) is 10.1 Å². The molecule has 5 heteroatoms. The molecule has 0 unspecified atom stereocenters. The largest absolute Gasteiger partial charge is 0.306 e. The van der Waals surface area contributed by atoms with E-state index in [-0.39, 0.29) is 5.57 Å². The normalized spacial score (nSPS) is 9.33. The van der Waals surface area contributed by atoms with Gasteiger partial charge < -0.3 is 0 Å². The molecule has 0 aliphatic rings. The first-order valence-corrected chi connectivity index (χ1v) is 4.26. The summed E-state index contributed by atoms with van der Waals surface area (Å²) in [6, 6.07) is 9.15. The number of carbonyl (C=O) groups excluding carboxylic acids is 1. The molecule has 1 aromatic rings. The number of amides is 1. The third kappa shape index (κ3) is 3.60. The Kier molecular flexibility index (Phi) is 3.56. The number of nitro groups is 1. The average molecular weight is 206 g/mol. The lowest BCUT2D eigenvalue weighted by Crippen LogP contribution is -2.30. The van der Waals surface area contributed by atoms with Gasteiger partial charge in [-0.3, -0.25) is 4.79 Å². The number of benzene rings is 1. The van der Waals surface area contributed by atoms with Crippen LogP contribution >= 0.6 is 0 Å². The van der Waals surface area contributed by atoms with Gasteiger partial charge in [0.15, 0.2) is 5.03 Å². The van der Waals surface area contributed by atoms with E-state index in [1.807, 2.05) is 30.3 Å². The first kappa shape index (κ1) is 10.9. The zero-order valence-electron chi connectivity index (χ0n) is 7.97. The van der Waals surface area contributed by atoms with Crippen LogP contribution in [0.25, 0.3) is 0 Å².